The molecule has 0 N–H and O–H groups in total. The van der Waals surface area contributed by atoms with Gasteiger partial charge in [-0.2, -0.15) is 5.26 Å². The Bertz CT molecular complexity index is 745. The summed E-state index contributed by atoms with van der Waals surface area (Å²) in [5, 5.41) is 9.32. The fraction of sp³-hybridized carbons (Fsp3) is 0.350. The average molecular weight is 305 g/mol. The van der Waals surface area contributed by atoms with Crippen LogP contribution in [0.5, 0.6) is 0 Å². The van der Waals surface area contributed by atoms with Crippen molar-refractivity contribution in [2.24, 2.45) is 0 Å². The Morgan fingerprint density at radius 2 is 2.04 bits per heavy atom. The van der Waals surface area contributed by atoms with Crippen LogP contribution in [0.1, 0.15) is 36.5 Å². The Morgan fingerprint density at radius 3 is 2.78 bits per heavy atom. The number of nitrogens with zero attached hydrogens (tertiary/aromatic N) is 3. The topological polar surface area (TPSA) is 30.3 Å². The van der Waals surface area contributed by atoms with Gasteiger partial charge in [0.05, 0.1) is 11.3 Å². The molecule has 0 bridgehead atoms. The molecule has 3 rings (SSSR count). The van der Waals surface area contributed by atoms with Crippen LogP contribution in [0.3, 0.4) is 0 Å². The van der Waals surface area contributed by atoms with Crippen molar-refractivity contribution in [2.75, 3.05) is 25.0 Å². The Kier molecular flexibility index (Phi) is 4.36. The second-order valence-corrected chi connectivity index (χ2v) is 6.30. The fourth-order valence-electron chi connectivity index (χ4n) is 3.45. The van der Waals surface area contributed by atoms with Gasteiger partial charge in [-0.25, -0.2) is 0 Å². The summed E-state index contributed by atoms with van der Waals surface area (Å²) in [5.41, 5.74) is 5.66. The third-order valence-corrected chi connectivity index (χ3v) is 4.80. The maximum atomic E-state index is 9.32. The number of nitriles is 1. The van der Waals surface area contributed by atoms with Gasteiger partial charge in [0.1, 0.15) is 6.07 Å². The molecule has 1 aliphatic heterocycles. The van der Waals surface area contributed by atoms with Gasteiger partial charge in [0, 0.05) is 25.8 Å². The molecule has 3 heteroatoms. The summed E-state index contributed by atoms with van der Waals surface area (Å²) in [5.74, 6) is 0.574. The number of anilines is 2. The first-order chi connectivity index (χ1) is 11.1. The molecule has 23 heavy (non-hydrogen) atoms. The summed E-state index contributed by atoms with van der Waals surface area (Å²) in [7, 11) is 2.03. The number of likely N-dealkylation sites (N-methyl/N-ethyl adjacent to an activating group) is 1. The lowest BCUT2D eigenvalue weighted by atomic mass is 9.90. The molecule has 0 radical (unpaired) electrons. The largest absolute Gasteiger partial charge is 0.344 e. The van der Waals surface area contributed by atoms with Crippen LogP contribution >= 0.6 is 0 Å². The van der Waals surface area contributed by atoms with E-state index >= 15 is 0 Å². The van der Waals surface area contributed by atoms with Crippen LogP contribution in [0.15, 0.2) is 42.5 Å². The van der Waals surface area contributed by atoms with Gasteiger partial charge in [-0.05, 0) is 47.9 Å². The van der Waals surface area contributed by atoms with Gasteiger partial charge in [-0.1, -0.05) is 32.0 Å². The Labute approximate surface area is 138 Å². The van der Waals surface area contributed by atoms with Crippen molar-refractivity contribution in [3.05, 3.63) is 59.2 Å². The van der Waals surface area contributed by atoms with Crippen molar-refractivity contribution in [3.8, 4) is 6.07 Å². The van der Waals surface area contributed by atoms with E-state index < -0.39 is 0 Å². The molecule has 3 nitrogen and oxygen atoms in total. The average Bonchev–Trinajstić information content (AvgIpc) is 2.60. The number of hydrogen-bond acceptors (Lipinski definition) is 3. The van der Waals surface area contributed by atoms with Crippen LogP contribution < -0.4 is 4.90 Å². The van der Waals surface area contributed by atoms with E-state index in [0.29, 0.717) is 11.5 Å². The van der Waals surface area contributed by atoms with E-state index in [2.05, 4.69) is 47.9 Å². The highest BCUT2D eigenvalue weighted by Crippen LogP contribution is 2.33. The molecule has 118 valence electrons. The van der Waals surface area contributed by atoms with Crippen molar-refractivity contribution in [3.63, 3.8) is 0 Å². The van der Waals surface area contributed by atoms with E-state index in [9.17, 15) is 5.26 Å². The van der Waals surface area contributed by atoms with E-state index in [1.807, 2.05) is 31.3 Å². The molecule has 1 unspecified atom stereocenters. The molecule has 0 aromatic heterocycles. The summed E-state index contributed by atoms with van der Waals surface area (Å²) in [6.07, 6.45) is 0. The lowest BCUT2D eigenvalue weighted by Gasteiger charge is -2.33. The zero-order valence-corrected chi connectivity index (χ0v) is 14.1. The zero-order chi connectivity index (χ0) is 16.4. The molecule has 0 saturated carbocycles. The number of benzene rings is 2. The van der Waals surface area contributed by atoms with Crippen LogP contribution in [-0.2, 0) is 6.54 Å². The summed E-state index contributed by atoms with van der Waals surface area (Å²) >= 11 is 0. The SMILES string of the molecule is CCN1Cc2cc(N(C)c3ccccc3C#N)ccc2C(C)C1. The quantitative estimate of drug-likeness (QED) is 0.848. The molecule has 1 atom stereocenters. The smallest absolute Gasteiger partial charge is 0.101 e. The number of hydrogen-bond donors (Lipinski definition) is 0. The van der Waals surface area contributed by atoms with Gasteiger partial charge in [0.25, 0.3) is 0 Å². The van der Waals surface area contributed by atoms with E-state index in [1.165, 1.54) is 11.1 Å². The maximum Gasteiger partial charge on any atom is 0.101 e. The minimum Gasteiger partial charge on any atom is -0.344 e. The van der Waals surface area contributed by atoms with Crippen LogP contribution in [0.2, 0.25) is 0 Å². The second kappa shape index (κ2) is 6.44. The first-order valence-electron chi connectivity index (χ1n) is 8.22. The van der Waals surface area contributed by atoms with Gasteiger partial charge in [0.15, 0.2) is 0 Å². The number of para-hydroxylation sites is 1. The zero-order valence-electron chi connectivity index (χ0n) is 14.1. The van der Waals surface area contributed by atoms with Gasteiger partial charge in [0.2, 0.25) is 0 Å². The normalized spacial score (nSPS) is 17.4. The summed E-state index contributed by atoms with van der Waals surface area (Å²) in [6.45, 7) is 7.75. The predicted molar refractivity (Wildman–Crippen MR) is 95.0 cm³/mol. The summed E-state index contributed by atoms with van der Waals surface area (Å²) in [6, 6.07) is 16.7. The minimum absolute atomic E-state index is 0.574. The fourth-order valence-corrected chi connectivity index (χ4v) is 3.45. The third kappa shape index (κ3) is 2.95. The van der Waals surface area contributed by atoms with Gasteiger partial charge in [-0.3, -0.25) is 4.90 Å². The molecule has 2 aromatic rings. The summed E-state index contributed by atoms with van der Waals surface area (Å²) in [4.78, 5) is 4.59. The number of fused-ring (bicyclic) bond motifs is 1. The predicted octanol–water partition coefficient (Wildman–Crippen LogP) is 4.27. The third-order valence-electron chi connectivity index (χ3n) is 4.80. The van der Waals surface area contributed by atoms with E-state index in [0.717, 1.165) is 31.0 Å². The Morgan fingerprint density at radius 1 is 1.26 bits per heavy atom. The first-order valence-corrected chi connectivity index (χ1v) is 8.22. The van der Waals surface area contributed by atoms with E-state index in [-0.39, 0.29) is 0 Å². The van der Waals surface area contributed by atoms with Crippen LogP contribution in [0.4, 0.5) is 11.4 Å². The minimum atomic E-state index is 0.574. The highest BCUT2D eigenvalue weighted by atomic mass is 15.1. The second-order valence-electron chi connectivity index (χ2n) is 6.30. The molecule has 2 aromatic carbocycles. The maximum absolute atomic E-state index is 9.32. The van der Waals surface area contributed by atoms with E-state index in [4.69, 9.17) is 0 Å². The van der Waals surface area contributed by atoms with Gasteiger partial charge >= 0.3 is 0 Å². The van der Waals surface area contributed by atoms with Crippen molar-refractivity contribution < 1.29 is 0 Å². The molecule has 0 saturated heterocycles. The lowest BCUT2D eigenvalue weighted by Crippen LogP contribution is -2.32. The Hall–Kier alpha value is -2.31. The molecule has 0 fully saturated rings. The van der Waals surface area contributed by atoms with Crippen molar-refractivity contribution in [1.82, 2.24) is 4.90 Å². The number of rotatable bonds is 3. The van der Waals surface area contributed by atoms with Crippen LogP contribution in [0.25, 0.3) is 0 Å². The van der Waals surface area contributed by atoms with Crippen molar-refractivity contribution in [1.29, 1.82) is 5.26 Å². The summed E-state index contributed by atoms with van der Waals surface area (Å²) < 4.78 is 0. The molecule has 0 spiro atoms. The van der Waals surface area contributed by atoms with Gasteiger partial charge in [-0.15, -0.1) is 0 Å². The first kappa shape index (κ1) is 15.6. The molecule has 1 heterocycles. The van der Waals surface area contributed by atoms with Crippen molar-refractivity contribution in [2.45, 2.75) is 26.3 Å². The highest BCUT2D eigenvalue weighted by molar-refractivity contribution is 5.69. The monoisotopic (exact) mass is 305 g/mol. The molecular formula is C20H23N3. The van der Waals surface area contributed by atoms with Crippen molar-refractivity contribution >= 4 is 11.4 Å². The van der Waals surface area contributed by atoms with Gasteiger partial charge < -0.3 is 4.90 Å². The lowest BCUT2D eigenvalue weighted by molar-refractivity contribution is 0.247. The van der Waals surface area contributed by atoms with Crippen LogP contribution in [0, 0.1) is 11.3 Å². The molecule has 1 aliphatic rings. The van der Waals surface area contributed by atoms with Crippen LogP contribution in [-0.4, -0.2) is 25.0 Å². The standard InChI is InChI=1S/C20H23N3/c1-4-23-13-15(2)19-10-9-18(11-17(19)14-23)22(3)20-8-6-5-7-16(20)12-21/h5-11,15H,4,13-14H2,1-3H3. The molecule has 0 amide bonds. The Balaban J connectivity index is 1.97. The van der Waals surface area contributed by atoms with E-state index in [1.54, 1.807) is 0 Å². The molecular weight excluding hydrogens is 282 g/mol. The molecule has 0 aliphatic carbocycles. The highest BCUT2D eigenvalue weighted by Gasteiger charge is 2.22.